The van der Waals surface area contributed by atoms with Crippen molar-refractivity contribution in [2.45, 2.75) is 12.6 Å². The summed E-state index contributed by atoms with van der Waals surface area (Å²) in [6, 6.07) is 2.64. The summed E-state index contributed by atoms with van der Waals surface area (Å²) >= 11 is 5.39. The summed E-state index contributed by atoms with van der Waals surface area (Å²) in [6.07, 6.45) is -4.03. The zero-order valence-corrected chi connectivity index (χ0v) is 6.65. The number of nitrogens with zero attached hydrogens (tertiary/aromatic N) is 1. The highest BCUT2D eigenvalue weighted by molar-refractivity contribution is 6.29. The standard InChI is InChI=1S/C7H5ClF3N/c8-6-2-1-5(4-12-6)3-7(9,10)11/h1-2,4H,3H2. The van der Waals surface area contributed by atoms with E-state index in [9.17, 15) is 13.2 Å². The van der Waals surface area contributed by atoms with Crippen LogP contribution in [0.1, 0.15) is 5.56 Å². The average molecular weight is 196 g/mol. The molecule has 12 heavy (non-hydrogen) atoms. The van der Waals surface area contributed by atoms with Gasteiger partial charge in [0.25, 0.3) is 0 Å². The van der Waals surface area contributed by atoms with Crippen LogP contribution in [0.15, 0.2) is 18.3 Å². The van der Waals surface area contributed by atoms with E-state index in [1.807, 2.05) is 0 Å². The van der Waals surface area contributed by atoms with Gasteiger partial charge in [-0.25, -0.2) is 4.98 Å². The Morgan fingerprint density at radius 1 is 1.33 bits per heavy atom. The molecular weight excluding hydrogens is 191 g/mol. The van der Waals surface area contributed by atoms with Gasteiger partial charge in [-0.15, -0.1) is 0 Å². The van der Waals surface area contributed by atoms with Crippen molar-refractivity contribution >= 4 is 11.6 Å². The predicted molar refractivity (Wildman–Crippen MR) is 39.0 cm³/mol. The van der Waals surface area contributed by atoms with Gasteiger partial charge in [0.15, 0.2) is 0 Å². The van der Waals surface area contributed by atoms with Crippen LogP contribution in [0.3, 0.4) is 0 Å². The first kappa shape index (κ1) is 9.32. The monoisotopic (exact) mass is 195 g/mol. The molecule has 0 spiro atoms. The summed E-state index contributed by atoms with van der Waals surface area (Å²) in [7, 11) is 0. The largest absolute Gasteiger partial charge is 0.393 e. The number of hydrogen-bond acceptors (Lipinski definition) is 1. The van der Waals surface area contributed by atoms with Crippen LogP contribution in [-0.4, -0.2) is 11.2 Å². The molecule has 0 atom stereocenters. The Hall–Kier alpha value is -0.770. The molecule has 0 aliphatic carbocycles. The molecule has 1 heterocycles. The molecule has 0 radical (unpaired) electrons. The van der Waals surface area contributed by atoms with E-state index in [1.54, 1.807) is 0 Å². The summed E-state index contributed by atoms with van der Waals surface area (Å²) in [5.41, 5.74) is 0.118. The van der Waals surface area contributed by atoms with Crippen molar-refractivity contribution in [2.24, 2.45) is 0 Å². The van der Waals surface area contributed by atoms with Crippen molar-refractivity contribution in [3.8, 4) is 0 Å². The van der Waals surface area contributed by atoms with Crippen molar-refractivity contribution in [1.29, 1.82) is 0 Å². The van der Waals surface area contributed by atoms with Crippen LogP contribution in [0.25, 0.3) is 0 Å². The topological polar surface area (TPSA) is 12.9 Å². The molecule has 0 amide bonds. The van der Waals surface area contributed by atoms with Crippen LogP contribution in [0.5, 0.6) is 0 Å². The van der Waals surface area contributed by atoms with Gasteiger partial charge in [-0.05, 0) is 11.6 Å². The van der Waals surface area contributed by atoms with Crippen LogP contribution in [-0.2, 0) is 6.42 Å². The SMILES string of the molecule is FC(F)(F)Cc1ccc(Cl)nc1. The van der Waals surface area contributed by atoms with Crippen molar-refractivity contribution in [1.82, 2.24) is 4.98 Å². The first-order chi connectivity index (χ1) is 5.47. The smallest absolute Gasteiger partial charge is 0.244 e. The lowest BCUT2D eigenvalue weighted by molar-refractivity contribution is -0.127. The highest BCUT2D eigenvalue weighted by Gasteiger charge is 2.27. The molecule has 0 fully saturated rings. The molecule has 1 aromatic rings. The van der Waals surface area contributed by atoms with Crippen molar-refractivity contribution < 1.29 is 13.2 Å². The maximum atomic E-state index is 11.8. The van der Waals surface area contributed by atoms with Gasteiger partial charge < -0.3 is 0 Å². The molecule has 0 saturated carbocycles. The average Bonchev–Trinajstić information content (AvgIpc) is 1.91. The van der Waals surface area contributed by atoms with Crippen molar-refractivity contribution in [3.05, 3.63) is 29.0 Å². The van der Waals surface area contributed by atoms with Crippen LogP contribution < -0.4 is 0 Å². The summed E-state index contributed by atoms with van der Waals surface area (Å²) < 4.78 is 35.3. The van der Waals surface area contributed by atoms with E-state index in [2.05, 4.69) is 4.98 Å². The Labute approximate surface area is 72.2 Å². The molecule has 1 rings (SSSR count). The normalized spacial score (nSPS) is 11.7. The van der Waals surface area contributed by atoms with Gasteiger partial charge in [0.2, 0.25) is 0 Å². The molecule has 0 aliphatic heterocycles. The second kappa shape index (κ2) is 3.31. The molecule has 0 saturated heterocycles. The van der Waals surface area contributed by atoms with Crippen LogP contribution in [0.2, 0.25) is 5.15 Å². The molecule has 0 N–H and O–H groups in total. The van der Waals surface area contributed by atoms with Crippen molar-refractivity contribution in [2.75, 3.05) is 0 Å². The molecule has 0 unspecified atom stereocenters. The molecule has 5 heteroatoms. The lowest BCUT2D eigenvalue weighted by Crippen LogP contribution is -2.11. The minimum absolute atomic E-state index is 0.118. The second-order valence-corrected chi connectivity index (χ2v) is 2.67. The Balaban J connectivity index is 2.71. The number of pyridine rings is 1. The lowest BCUT2D eigenvalue weighted by atomic mass is 10.2. The lowest BCUT2D eigenvalue weighted by Gasteiger charge is -2.04. The highest BCUT2D eigenvalue weighted by Crippen LogP contribution is 2.21. The second-order valence-electron chi connectivity index (χ2n) is 2.28. The number of aromatic nitrogens is 1. The summed E-state index contributed by atoms with van der Waals surface area (Å²) in [5.74, 6) is 0. The van der Waals surface area contributed by atoms with Gasteiger partial charge >= 0.3 is 6.18 Å². The van der Waals surface area contributed by atoms with Gasteiger partial charge in [-0.3, -0.25) is 0 Å². The van der Waals surface area contributed by atoms with E-state index in [4.69, 9.17) is 11.6 Å². The van der Waals surface area contributed by atoms with Crippen molar-refractivity contribution in [3.63, 3.8) is 0 Å². The van der Waals surface area contributed by atoms with E-state index in [1.165, 1.54) is 12.1 Å². The Kier molecular flexibility index (Phi) is 2.57. The first-order valence-corrected chi connectivity index (χ1v) is 3.52. The molecule has 66 valence electrons. The molecule has 0 bridgehead atoms. The third kappa shape index (κ3) is 3.09. The fourth-order valence-electron chi connectivity index (χ4n) is 0.742. The van der Waals surface area contributed by atoms with Gasteiger partial charge in [0, 0.05) is 6.20 Å². The third-order valence-corrected chi connectivity index (χ3v) is 1.42. The Morgan fingerprint density at radius 3 is 2.42 bits per heavy atom. The van der Waals surface area contributed by atoms with E-state index in [0.717, 1.165) is 6.20 Å². The van der Waals surface area contributed by atoms with Crippen LogP contribution >= 0.6 is 11.6 Å². The zero-order chi connectivity index (χ0) is 9.19. The maximum Gasteiger partial charge on any atom is 0.393 e. The minimum atomic E-state index is -4.19. The van der Waals surface area contributed by atoms with E-state index >= 15 is 0 Å². The van der Waals surface area contributed by atoms with Gasteiger partial charge in [-0.1, -0.05) is 17.7 Å². The molecule has 1 aromatic heterocycles. The summed E-state index contributed by atoms with van der Waals surface area (Å²) in [5, 5.41) is 0.195. The molecule has 1 nitrogen and oxygen atoms in total. The van der Waals surface area contributed by atoms with Crippen LogP contribution in [0.4, 0.5) is 13.2 Å². The Bertz CT molecular complexity index is 254. The van der Waals surface area contributed by atoms with E-state index < -0.39 is 12.6 Å². The summed E-state index contributed by atoms with van der Waals surface area (Å²) in [6.45, 7) is 0. The van der Waals surface area contributed by atoms with Gasteiger partial charge in [0.05, 0.1) is 6.42 Å². The quantitative estimate of drug-likeness (QED) is 0.628. The van der Waals surface area contributed by atoms with Gasteiger partial charge in [-0.2, -0.15) is 13.2 Å². The summed E-state index contributed by atoms with van der Waals surface area (Å²) in [4.78, 5) is 3.53. The fourth-order valence-corrected chi connectivity index (χ4v) is 0.854. The van der Waals surface area contributed by atoms with Gasteiger partial charge in [0.1, 0.15) is 5.15 Å². The fraction of sp³-hybridized carbons (Fsp3) is 0.286. The minimum Gasteiger partial charge on any atom is -0.244 e. The number of rotatable bonds is 1. The molecule has 0 aromatic carbocycles. The van der Waals surface area contributed by atoms with Crippen LogP contribution in [0, 0.1) is 0 Å². The Morgan fingerprint density at radius 2 is 2.00 bits per heavy atom. The predicted octanol–water partition coefficient (Wildman–Crippen LogP) is 2.84. The first-order valence-electron chi connectivity index (χ1n) is 3.14. The number of alkyl halides is 3. The zero-order valence-electron chi connectivity index (χ0n) is 5.90. The highest BCUT2D eigenvalue weighted by atomic mass is 35.5. The molecule has 0 aliphatic rings. The number of hydrogen-bond donors (Lipinski definition) is 0. The third-order valence-electron chi connectivity index (χ3n) is 1.19. The number of halogens is 4. The van der Waals surface area contributed by atoms with E-state index in [0.29, 0.717) is 0 Å². The van der Waals surface area contributed by atoms with E-state index in [-0.39, 0.29) is 10.7 Å². The maximum absolute atomic E-state index is 11.8. The molecular formula is C7H5ClF3N.